The Morgan fingerprint density at radius 2 is 2.05 bits per heavy atom. The summed E-state index contributed by atoms with van der Waals surface area (Å²) in [7, 11) is 0. The van der Waals surface area contributed by atoms with Crippen LogP contribution < -0.4 is 0 Å². The van der Waals surface area contributed by atoms with E-state index < -0.39 is 10.9 Å². The molecule has 0 saturated heterocycles. The third kappa shape index (κ3) is 4.50. The largest absolute Gasteiger partial charge is 0.466 e. The molecule has 0 aliphatic rings. The maximum Gasteiger partial charge on any atom is 0.313 e. The number of hydrogen-bond acceptors (Lipinski definition) is 5. The third-order valence-corrected chi connectivity index (χ3v) is 2.52. The maximum atomic E-state index is 11.6. The molecule has 0 radical (unpaired) electrons. The van der Waals surface area contributed by atoms with Crippen molar-refractivity contribution in [2.75, 3.05) is 6.61 Å². The molecule has 0 amide bonds. The van der Waals surface area contributed by atoms with Gasteiger partial charge in [0.15, 0.2) is 0 Å². The van der Waals surface area contributed by atoms with Gasteiger partial charge in [0.2, 0.25) is 0 Å². The van der Waals surface area contributed by atoms with Gasteiger partial charge < -0.3 is 4.74 Å². The molecule has 1 rings (SSSR count). The Balaban J connectivity index is 2.72. The van der Waals surface area contributed by atoms with E-state index in [-0.39, 0.29) is 30.9 Å². The van der Waals surface area contributed by atoms with Gasteiger partial charge >= 0.3 is 5.97 Å². The number of ether oxygens (including phenoxy) is 1. The van der Waals surface area contributed by atoms with Crippen LogP contribution in [-0.2, 0) is 20.7 Å². The highest BCUT2D eigenvalue weighted by Gasteiger charge is 2.15. The molecule has 102 valence electrons. The Hall–Kier alpha value is -2.24. The summed E-state index contributed by atoms with van der Waals surface area (Å²) in [6.07, 6.45) is -0.324. The van der Waals surface area contributed by atoms with Gasteiger partial charge in [-0.15, -0.1) is 0 Å². The Morgan fingerprint density at radius 1 is 1.37 bits per heavy atom. The molecule has 0 aromatic heterocycles. The summed E-state index contributed by atoms with van der Waals surface area (Å²) < 4.78 is 4.66. The number of nitrogens with zero attached hydrogens (tertiary/aromatic N) is 1. The fraction of sp³-hybridized carbons (Fsp3) is 0.385. The number of Topliss-reactive ketones (excluding diaryl/α,β-unsaturated/α-hetero) is 1. The lowest BCUT2D eigenvalue weighted by atomic mass is 10.0. The van der Waals surface area contributed by atoms with Crippen molar-refractivity contribution in [2.45, 2.75) is 26.7 Å². The standard InChI is InChI=1S/C13H15NO5/c1-3-19-13(16)8-11(15)6-10-5-4-9(2)12(7-10)14(17)18/h4-5,7H,3,6,8H2,1-2H3. The van der Waals surface area contributed by atoms with Crippen LogP contribution in [0, 0.1) is 17.0 Å². The van der Waals surface area contributed by atoms with Gasteiger partial charge in [-0.05, 0) is 19.4 Å². The molecule has 0 unspecified atom stereocenters. The molecule has 0 aliphatic heterocycles. The molecule has 0 N–H and O–H groups in total. The zero-order valence-electron chi connectivity index (χ0n) is 10.8. The van der Waals surface area contributed by atoms with Crippen molar-refractivity contribution < 1.29 is 19.2 Å². The fourth-order valence-corrected chi connectivity index (χ4v) is 1.62. The number of nitro benzene ring substituents is 1. The molecule has 1 aromatic carbocycles. The summed E-state index contributed by atoms with van der Waals surface area (Å²) >= 11 is 0. The number of rotatable bonds is 6. The number of nitro groups is 1. The lowest BCUT2D eigenvalue weighted by Crippen LogP contribution is -2.13. The maximum absolute atomic E-state index is 11.6. The van der Waals surface area contributed by atoms with Gasteiger partial charge in [-0.25, -0.2) is 0 Å². The Labute approximate surface area is 110 Å². The number of ketones is 1. The van der Waals surface area contributed by atoms with Crippen molar-refractivity contribution in [1.82, 2.24) is 0 Å². The zero-order chi connectivity index (χ0) is 14.4. The number of carbonyl (C=O) groups is 2. The van der Waals surface area contributed by atoms with E-state index in [1.54, 1.807) is 26.0 Å². The summed E-state index contributed by atoms with van der Waals surface area (Å²) in [5.74, 6) is -0.897. The van der Waals surface area contributed by atoms with Gasteiger partial charge in [0, 0.05) is 18.1 Å². The minimum absolute atomic E-state index is 0.0140. The molecule has 6 heteroatoms. The molecule has 0 aliphatic carbocycles. The van der Waals surface area contributed by atoms with E-state index in [1.807, 2.05) is 0 Å². The van der Waals surface area contributed by atoms with Crippen molar-refractivity contribution in [1.29, 1.82) is 0 Å². The quantitative estimate of drug-likeness (QED) is 0.339. The Kier molecular flexibility index (Phi) is 5.17. The molecule has 0 saturated carbocycles. The van der Waals surface area contributed by atoms with Crippen LogP contribution in [0.2, 0.25) is 0 Å². The average molecular weight is 265 g/mol. The first-order valence-corrected chi connectivity index (χ1v) is 5.85. The van der Waals surface area contributed by atoms with Crippen molar-refractivity contribution >= 4 is 17.4 Å². The SMILES string of the molecule is CCOC(=O)CC(=O)Cc1ccc(C)c([N+](=O)[O-])c1. The van der Waals surface area contributed by atoms with Gasteiger partial charge in [-0.3, -0.25) is 19.7 Å². The molecular weight excluding hydrogens is 250 g/mol. The summed E-state index contributed by atoms with van der Waals surface area (Å²) in [6, 6.07) is 4.59. The first-order valence-electron chi connectivity index (χ1n) is 5.85. The van der Waals surface area contributed by atoms with Crippen molar-refractivity contribution in [2.24, 2.45) is 0 Å². The van der Waals surface area contributed by atoms with Gasteiger partial charge in [-0.2, -0.15) is 0 Å². The molecule has 19 heavy (non-hydrogen) atoms. The molecular formula is C13H15NO5. The summed E-state index contributed by atoms with van der Waals surface area (Å²) in [6.45, 7) is 3.51. The average Bonchev–Trinajstić information content (AvgIpc) is 2.31. The van der Waals surface area contributed by atoms with Crippen LogP contribution in [0.4, 0.5) is 5.69 Å². The smallest absolute Gasteiger partial charge is 0.313 e. The number of benzene rings is 1. The summed E-state index contributed by atoms with van der Waals surface area (Å²) in [5.41, 5.74) is 1.03. The first kappa shape index (κ1) is 14.8. The minimum Gasteiger partial charge on any atom is -0.466 e. The predicted octanol–water partition coefficient (Wildman–Crippen LogP) is 1.97. The molecule has 0 atom stereocenters. The van der Waals surface area contributed by atoms with Crippen LogP contribution >= 0.6 is 0 Å². The predicted molar refractivity (Wildman–Crippen MR) is 67.8 cm³/mol. The minimum atomic E-state index is -0.575. The lowest BCUT2D eigenvalue weighted by molar-refractivity contribution is -0.385. The second-order valence-electron chi connectivity index (χ2n) is 4.08. The molecule has 6 nitrogen and oxygen atoms in total. The van der Waals surface area contributed by atoms with E-state index >= 15 is 0 Å². The van der Waals surface area contributed by atoms with Gasteiger partial charge in [0.25, 0.3) is 5.69 Å². The van der Waals surface area contributed by atoms with Crippen molar-refractivity contribution in [3.63, 3.8) is 0 Å². The van der Waals surface area contributed by atoms with Crippen LogP contribution in [0.5, 0.6) is 0 Å². The van der Waals surface area contributed by atoms with Crippen molar-refractivity contribution in [3.05, 3.63) is 39.4 Å². The number of aryl methyl sites for hydroxylation is 1. The van der Waals surface area contributed by atoms with E-state index in [1.165, 1.54) is 6.07 Å². The van der Waals surface area contributed by atoms with Crippen LogP contribution in [-0.4, -0.2) is 23.3 Å². The molecule has 0 bridgehead atoms. The topological polar surface area (TPSA) is 86.5 Å². The monoisotopic (exact) mass is 265 g/mol. The van der Waals surface area contributed by atoms with Crippen LogP contribution in [0.1, 0.15) is 24.5 Å². The second kappa shape index (κ2) is 6.63. The zero-order valence-corrected chi connectivity index (χ0v) is 10.8. The molecule has 0 fully saturated rings. The number of hydrogen-bond donors (Lipinski definition) is 0. The first-order chi connectivity index (χ1) is 8.93. The van der Waals surface area contributed by atoms with Gasteiger partial charge in [0.1, 0.15) is 12.2 Å². The van der Waals surface area contributed by atoms with E-state index in [4.69, 9.17) is 0 Å². The second-order valence-corrected chi connectivity index (χ2v) is 4.08. The lowest BCUT2D eigenvalue weighted by Gasteiger charge is -2.03. The van der Waals surface area contributed by atoms with Crippen LogP contribution in [0.15, 0.2) is 18.2 Å². The van der Waals surface area contributed by atoms with E-state index in [9.17, 15) is 19.7 Å². The van der Waals surface area contributed by atoms with E-state index in [0.717, 1.165) is 0 Å². The third-order valence-electron chi connectivity index (χ3n) is 2.52. The van der Waals surface area contributed by atoms with Gasteiger partial charge in [0.05, 0.1) is 11.5 Å². The summed E-state index contributed by atoms with van der Waals surface area (Å²) in [4.78, 5) is 33.0. The highest BCUT2D eigenvalue weighted by Crippen LogP contribution is 2.19. The number of carbonyl (C=O) groups excluding carboxylic acids is 2. The fourth-order valence-electron chi connectivity index (χ4n) is 1.62. The van der Waals surface area contributed by atoms with Gasteiger partial charge in [-0.1, -0.05) is 12.1 Å². The van der Waals surface area contributed by atoms with E-state index in [0.29, 0.717) is 11.1 Å². The highest BCUT2D eigenvalue weighted by molar-refractivity contribution is 5.96. The normalized spacial score (nSPS) is 10.0. The molecule has 0 heterocycles. The van der Waals surface area contributed by atoms with Crippen LogP contribution in [0.3, 0.4) is 0 Å². The number of esters is 1. The van der Waals surface area contributed by atoms with Crippen LogP contribution in [0.25, 0.3) is 0 Å². The molecule has 0 spiro atoms. The Morgan fingerprint density at radius 3 is 2.63 bits per heavy atom. The molecule has 1 aromatic rings. The summed E-state index contributed by atoms with van der Waals surface area (Å²) in [5, 5.41) is 10.8. The highest BCUT2D eigenvalue weighted by atomic mass is 16.6. The van der Waals surface area contributed by atoms with E-state index in [2.05, 4.69) is 4.74 Å². The van der Waals surface area contributed by atoms with Crippen molar-refractivity contribution in [3.8, 4) is 0 Å². The Bertz CT molecular complexity index is 510.